The van der Waals surface area contributed by atoms with Crippen LogP contribution in [0.1, 0.15) is 23.7 Å². The Morgan fingerprint density at radius 3 is 2.51 bits per heavy atom. The minimum absolute atomic E-state index is 0.0238. The van der Waals surface area contributed by atoms with E-state index < -0.39 is 10.0 Å². The van der Waals surface area contributed by atoms with Crippen LogP contribution in [0.25, 0.3) is 11.0 Å². The van der Waals surface area contributed by atoms with Gasteiger partial charge >= 0.3 is 0 Å². The number of nitrogens with one attached hydrogen (secondary N) is 2. The molecule has 0 radical (unpaired) electrons. The Morgan fingerprint density at radius 1 is 1.07 bits per heavy atom. The molecule has 0 bridgehead atoms. The van der Waals surface area contributed by atoms with E-state index in [1.165, 1.54) is 19.2 Å². The molecule has 12 heteroatoms. The molecule has 1 aromatic heterocycles. The zero-order valence-electron chi connectivity index (χ0n) is 23.0. The van der Waals surface area contributed by atoms with Gasteiger partial charge in [0.1, 0.15) is 5.75 Å². The predicted octanol–water partition coefficient (Wildman–Crippen LogP) is 5.00. The van der Waals surface area contributed by atoms with E-state index in [4.69, 9.17) is 16.3 Å². The van der Waals surface area contributed by atoms with Crippen molar-refractivity contribution in [3.05, 3.63) is 77.3 Å². The van der Waals surface area contributed by atoms with E-state index in [0.29, 0.717) is 46.1 Å². The van der Waals surface area contributed by atoms with E-state index in [-0.39, 0.29) is 28.5 Å². The number of para-hydroxylation sites is 2. The van der Waals surface area contributed by atoms with E-state index >= 15 is 0 Å². The number of hydrogen-bond acceptors (Lipinski definition) is 8. The van der Waals surface area contributed by atoms with Crippen molar-refractivity contribution < 1.29 is 17.9 Å². The zero-order valence-corrected chi connectivity index (χ0v) is 24.5. The molecule has 0 saturated carbocycles. The summed E-state index contributed by atoms with van der Waals surface area (Å²) in [4.78, 5) is 26.3. The molecule has 1 saturated heterocycles. The zero-order chi connectivity index (χ0) is 29.1. The Bertz CT molecular complexity index is 1700. The first-order valence-electron chi connectivity index (χ1n) is 13.2. The van der Waals surface area contributed by atoms with Crippen molar-refractivity contribution in [2.24, 2.45) is 0 Å². The second-order valence-corrected chi connectivity index (χ2v) is 11.9. The lowest BCUT2D eigenvalue weighted by atomic mass is 10.2. The first kappa shape index (κ1) is 28.6. The van der Waals surface area contributed by atoms with E-state index in [0.717, 1.165) is 13.0 Å². The Kier molecular flexibility index (Phi) is 8.30. The first-order valence-corrected chi connectivity index (χ1v) is 15.0. The number of anilines is 3. The van der Waals surface area contributed by atoms with Gasteiger partial charge in [-0.25, -0.2) is 18.4 Å². The van der Waals surface area contributed by atoms with Crippen LogP contribution in [0.3, 0.4) is 0 Å². The number of nitrogens with zero attached hydrogens (tertiary/aromatic N) is 4. The Labute approximate surface area is 244 Å². The number of methoxy groups -OCH3 is 1. The highest BCUT2D eigenvalue weighted by Gasteiger charge is 2.29. The SMILES string of the molecule is CCN(C)C1CCN(C(=O)c2cccc(S(=O)(=O)Nc3nc4ccccc4nc3Nc3cc(OC)ccc3Cl)c2)C1. The van der Waals surface area contributed by atoms with Crippen LogP contribution < -0.4 is 14.8 Å². The fourth-order valence-corrected chi connectivity index (χ4v) is 5.94. The molecular weight excluding hydrogens is 564 g/mol. The van der Waals surface area contributed by atoms with Crippen molar-refractivity contribution in [3.8, 4) is 5.75 Å². The third kappa shape index (κ3) is 6.22. The maximum Gasteiger partial charge on any atom is 0.263 e. The lowest BCUT2D eigenvalue weighted by Gasteiger charge is -2.23. The number of carbonyl (C=O) groups is 1. The van der Waals surface area contributed by atoms with Crippen molar-refractivity contribution in [2.75, 3.05) is 43.8 Å². The minimum atomic E-state index is -4.16. The Morgan fingerprint density at radius 2 is 1.80 bits per heavy atom. The van der Waals surface area contributed by atoms with Crippen molar-refractivity contribution in [1.82, 2.24) is 19.8 Å². The maximum absolute atomic E-state index is 13.6. The van der Waals surface area contributed by atoms with Gasteiger partial charge in [0.05, 0.1) is 33.7 Å². The summed E-state index contributed by atoms with van der Waals surface area (Å²) >= 11 is 6.39. The second kappa shape index (κ2) is 11.9. The average molecular weight is 595 g/mol. The summed E-state index contributed by atoms with van der Waals surface area (Å²) in [5, 5.41) is 3.47. The fraction of sp³-hybridized carbons (Fsp3) is 0.276. The third-order valence-electron chi connectivity index (χ3n) is 7.19. The summed E-state index contributed by atoms with van der Waals surface area (Å²) in [5.74, 6) is 0.483. The maximum atomic E-state index is 13.6. The first-order chi connectivity index (χ1) is 19.7. The van der Waals surface area contributed by atoms with Gasteiger partial charge in [-0.1, -0.05) is 36.7 Å². The quantitative estimate of drug-likeness (QED) is 0.278. The molecule has 1 unspecified atom stereocenters. The second-order valence-electron chi connectivity index (χ2n) is 9.78. The molecule has 41 heavy (non-hydrogen) atoms. The van der Waals surface area contributed by atoms with Gasteiger partial charge in [-0.2, -0.15) is 0 Å². The highest BCUT2D eigenvalue weighted by Crippen LogP contribution is 2.33. The largest absolute Gasteiger partial charge is 0.497 e. The molecule has 0 aliphatic carbocycles. The van der Waals surface area contributed by atoms with E-state index in [2.05, 4.69) is 31.8 Å². The summed E-state index contributed by atoms with van der Waals surface area (Å²) in [5.41, 5.74) is 1.82. The topological polar surface area (TPSA) is 117 Å². The van der Waals surface area contributed by atoms with Crippen molar-refractivity contribution >= 4 is 55.9 Å². The molecule has 1 atom stereocenters. The van der Waals surface area contributed by atoms with Crippen LogP contribution in [-0.2, 0) is 10.0 Å². The van der Waals surface area contributed by atoms with Crippen LogP contribution in [0.2, 0.25) is 5.02 Å². The molecule has 0 spiro atoms. The summed E-state index contributed by atoms with van der Waals surface area (Å²) in [7, 11) is -0.582. The molecule has 2 heterocycles. The van der Waals surface area contributed by atoms with Gasteiger partial charge in [-0.15, -0.1) is 0 Å². The van der Waals surface area contributed by atoms with Crippen LogP contribution >= 0.6 is 11.6 Å². The molecule has 10 nitrogen and oxygen atoms in total. The van der Waals surface area contributed by atoms with Crippen molar-refractivity contribution in [2.45, 2.75) is 24.3 Å². The van der Waals surface area contributed by atoms with Crippen LogP contribution in [-0.4, -0.2) is 73.9 Å². The highest BCUT2D eigenvalue weighted by atomic mass is 35.5. The Balaban J connectivity index is 1.45. The van der Waals surface area contributed by atoms with Crippen LogP contribution in [0, 0.1) is 0 Å². The number of amides is 1. The Hall–Kier alpha value is -3.93. The number of rotatable bonds is 9. The van der Waals surface area contributed by atoms with Crippen molar-refractivity contribution in [1.29, 1.82) is 0 Å². The molecule has 1 aliphatic rings. The molecule has 3 aromatic carbocycles. The normalized spacial score (nSPS) is 15.3. The lowest BCUT2D eigenvalue weighted by molar-refractivity contribution is 0.0780. The number of sulfonamides is 1. The lowest BCUT2D eigenvalue weighted by Crippen LogP contribution is -2.36. The smallest absolute Gasteiger partial charge is 0.263 e. The van der Waals surface area contributed by atoms with Gasteiger partial charge in [0.15, 0.2) is 11.6 Å². The van der Waals surface area contributed by atoms with E-state index in [1.54, 1.807) is 53.4 Å². The standard InChI is InChI=1S/C29H31ClN6O4S/c1-4-35(2)20-14-15-36(18-20)29(37)19-8-7-9-22(16-19)41(38,39)34-28-27(31-24-10-5-6-11-25(24)32-28)33-26-17-21(40-3)12-13-23(26)30/h5-13,16-17,20H,4,14-15,18H2,1-3H3,(H,31,33)(H,32,34). The molecule has 1 aliphatic heterocycles. The highest BCUT2D eigenvalue weighted by molar-refractivity contribution is 7.92. The predicted molar refractivity (Wildman–Crippen MR) is 161 cm³/mol. The number of likely N-dealkylation sites (N-methyl/N-ethyl adjacent to an activating group) is 1. The monoisotopic (exact) mass is 594 g/mol. The molecule has 4 aromatic rings. The van der Waals surface area contributed by atoms with E-state index in [9.17, 15) is 13.2 Å². The van der Waals surface area contributed by atoms with Gasteiger partial charge < -0.3 is 19.9 Å². The number of likely N-dealkylation sites (tertiary alicyclic amines) is 1. The number of ether oxygens (including phenoxy) is 1. The number of fused-ring (bicyclic) bond motifs is 1. The summed E-state index contributed by atoms with van der Waals surface area (Å²) < 4.78 is 35.1. The number of halogens is 1. The van der Waals surface area contributed by atoms with Gasteiger partial charge in [-0.05, 0) is 62.5 Å². The number of hydrogen-bond donors (Lipinski definition) is 2. The third-order valence-corrected chi connectivity index (χ3v) is 8.86. The molecule has 1 fully saturated rings. The summed E-state index contributed by atoms with van der Waals surface area (Å²) in [6, 6.07) is 18.5. The summed E-state index contributed by atoms with van der Waals surface area (Å²) in [6.45, 7) is 4.20. The van der Waals surface area contributed by atoms with Crippen LogP contribution in [0.15, 0.2) is 71.6 Å². The molecule has 2 N–H and O–H groups in total. The minimum Gasteiger partial charge on any atom is -0.497 e. The van der Waals surface area contributed by atoms with Gasteiger partial charge in [0, 0.05) is 30.8 Å². The number of aromatic nitrogens is 2. The molecule has 214 valence electrons. The number of carbonyl (C=O) groups excluding carboxylic acids is 1. The van der Waals surface area contributed by atoms with Gasteiger partial charge in [0.2, 0.25) is 0 Å². The van der Waals surface area contributed by atoms with Crippen LogP contribution in [0.4, 0.5) is 17.3 Å². The fourth-order valence-electron chi connectivity index (χ4n) is 4.72. The molecule has 5 rings (SSSR count). The molecule has 1 amide bonds. The van der Waals surface area contributed by atoms with E-state index in [1.807, 2.05) is 13.1 Å². The molecular formula is C29H31ClN6O4S. The van der Waals surface area contributed by atoms with Gasteiger partial charge in [0.25, 0.3) is 15.9 Å². The van der Waals surface area contributed by atoms with Crippen LogP contribution in [0.5, 0.6) is 5.75 Å². The van der Waals surface area contributed by atoms with Crippen molar-refractivity contribution in [3.63, 3.8) is 0 Å². The average Bonchev–Trinajstić information content (AvgIpc) is 3.48. The number of benzene rings is 3. The summed E-state index contributed by atoms with van der Waals surface area (Å²) in [6.07, 6.45) is 0.878. The van der Waals surface area contributed by atoms with Gasteiger partial charge in [-0.3, -0.25) is 9.52 Å².